The number of rotatable bonds is 2. The lowest BCUT2D eigenvalue weighted by Crippen LogP contribution is -2.41. The maximum atomic E-state index is 11.8. The van der Waals surface area contributed by atoms with Crippen molar-refractivity contribution in [2.45, 2.75) is 12.5 Å². The number of carbonyl (C=O) groups excluding carboxylic acids is 2. The zero-order valence-corrected chi connectivity index (χ0v) is 9.40. The van der Waals surface area contributed by atoms with E-state index in [0.717, 1.165) is 0 Å². The molecule has 1 unspecified atom stereocenters. The van der Waals surface area contributed by atoms with Gasteiger partial charge in [-0.1, -0.05) is 0 Å². The summed E-state index contributed by atoms with van der Waals surface area (Å²) >= 11 is 0. The van der Waals surface area contributed by atoms with Gasteiger partial charge in [-0.25, -0.2) is 0 Å². The molecule has 0 aromatic carbocycles. The van der Waals surface area contributed by atoms with Crippen LogP contribution in [0.25, 0.3) is 0 Å². The Kier molecular flexibility index (Phi) is 2.95. The van der Waals surface area contributed by atoms with Crippen molar-refractivity contribution in [1.29, 1.82) is 0 Å². The number of likely N-dealkylation sites (N-methyl/N-ethyl adjacent to an activating group) is 1. The third kappa shape index (κ3) is 2.20. The lowest BCUT2D eigenvalue weighted by atomic mass is 10.2. The molecule has 17 heavy (non-hydrogen) atoms. The summed E-state index contributed by atoms with van der Waals surface area (Å²) in [4.78, 5) is 39.0. The number of aromatic amines is 1. The van der Waals surface area contributed by atoms with E-state index in [1.54, 1.807) is 11.9 Å². The Labute approximate surface area is 97.6 Å². The molecule has 0 saturated carbocycles. The lowest BCUT2D eigenvalue weighted by Gasteiger charge is -2.11. The van der Waals surface area contributed by atoms with Crippen molar-refractivity contribution in [1.82, 2.24) is 15.2 Å². The first-order valence-corrected chi connectivity index (χ1v) is 5.32. The molecule has 1 aromatic heterocycles. The standard InChI is InChI=1S/C11H13N3O3/c1-14-5-3-8(11(14)17)13-10(16)7-6-12-4-2-9(7)15/h2,4,6,8H,3,5H2,1H3,(H,12,15)(H,13,16). The highest BCUT2D eigenvalue weighted by Gasteiger charge is 2.30. The Morgan fingerprint density at radius 1 is 1.53 bits per heavy atom. The van der Waals surface area contributed by atoms with Crippen molar-refractivity contribution in [3.05, 3.63) is 34.2 Å². The van der Waals surface area contributed by atoms with Crippen LogP contribution in [0, 0.1) is 0 Å². The minimum absolute atomic E-state index is 0.0230. The lowest BCUT2D eigenvalue weighted by molar-refractivity contribution is -0.128. The normalized spacial score (nSPS) is 19.5. The molecule has 2 heterocycles. The number of amides is 2. The Morgan fingerprint density at radius 3 is 2.88 bits per heavy atom. The smallest absolute Gasteiger partial charge is 0.257 e. The monoisotopic (exact) mass is 235 g/mol. The molecule has 1 aromatic rings. The van der Waals surface area contributed by atoms with Gasteiger partial charge in [0.05, 0.1) is 0 Å². The Morgan fingerprint density at radius 2 is 2.29 bits per heavy atom. The van der Waals surface area contributed by atoms with Crippen molar-refractivity contribution in [2.24, 2.45) is 0 Å². The van der Waals surface area contributed by atoms with Crippen LogP contribution in [-0.4, -0.2) is 41.3 Å². The zero-order chi connectivity index (χ0) is 12.4. The molecular weight excluding hydrogens is 222 g/mol. The van der Waals surface area contributed by atoms with Crippen molar-refractivity contribution in [3.8, 4) is 0 Å². The van der Waals surface area contributed by atoms with Crippen molar-refractivity contribution in [2.75, 3.05) is 13.6 Å². The zero-order valence-electron chi connectivity index (χ0n) is 9.40. The second-order valence-corrected chi connectivity index (χ2v) is 4.00. The summed E-state index contributed by atoms with van der Waals surface area (Å²) in [5, 5.41) is 2.57. The number of carbonyl (C=O) groups is 2. The first kappa shape index (κ1) is 11.4. The average molecular weight is 235 g/mol. The molecule has 2 rings (SSSR count). The summed E-state index contributed by atoms with van der Waals surface area (Å²) in [5.41, 5.74) is -0.338. The van der Waals surface area contributed by atoms with Gasteiger partial charge in [-0.15, -0.1) is 0 Å². The van der Waals surface area contributed by atoms with Crippen molar-refractivity contribution in [3.63, 3.8) is 0 Å². The fraction of sp³-hybridized carbons (Fsp3) is 0.364. The van der Waals surface area contributed by atoms with Gasteiger partial charge in [-0.05, 0) is 6.42 Å². The van der Waals surface area contributed by atoms with Crippen LogP contribution in [0.3, 0.4) is 0 Å². The molecule has 0 spiro atoms. The minimum atomic E-state index is -0.521. The quantitative estimate of drug-likeness (QED) is 0.713. The fourth-order valence-corrected chi connectivity index (χ4v) is 1.79. The summed E-state index contributed by atoms with van der Waals surface area (Å²) in [6, 6.07) is 0.754. The van der Waals surface area contributed by atoms with E-state index < -0.39 is 11.9 Å². The van der Waals surface area contributed by atoms with Gasteiger partial charge in [-0.3, -0.25) is 14.4 Å². The van der Waals surface area contributed by atoms with Crippen LogP contribution in [0.15, 0.2) is 23.3 Å². The topological polar surface area (TPSA) is 82.3 Å². The Balaban J connectivity index is 2.11. The average Bonchev–Trinajstić information content (AvgIpc) is 2.61. The number of H-pyrrole nitrogens is 1. The first-order chi connectivity index (χ1) is 8.09. The number of nitrogens with one attached hydrogen (secondary N) is 2. The van der Waals surface area contributed by atoms with Crippen LogP contribution >= 0.6 is 0 Å². The highest BCUT2D eigenvalue weighted by atomic mass is 16.2. The van der Waals surface area contributed by atoms with E-state index in [1.807, 2.05) is 0 Å². The van der Waals surface area contributed by atoms with E-state index in [2.05, 4.69) is 10.3 Å². The fourth-order valence-electron chi connectivity index (χ4n) is 1.79. The maximum absolute atomic E-state index is 11.8. The molecule has 1 aliphatic heterocycles. The molecule has 1 saturated heterocycles. The largest absolute Gasteiger partial charge is 0.367 e. The third-order valence-corrected chi connectivity index (χ3v) is 2.80. The second-order valence-electron chi connectivity index (χ2n) is 4.00. The van der Waals surface area contributed by atoms with Gasteiger partial charge in [-0.2, -0.15) is 0 Å². The molecule has 2 N–H and O–H groups in total. The molecule has 1 aliphatic rings. The van der Waals surface area contributed by atoms with Gasteiger partial charge in [0.15, 0.2) is 5.43 Å². The minimum Gasteiger partial charge on any atom is -0.367 e. The van der Waals surface area contributed by atoms with Gasteiger partial charge in [0.25, 0.3) is 5.91 Å². The van der Waals surface area contributed by atoms with Crippen LogP contribution in [-0.2, 0) is 4.79 Å². The van der Waals surface area contributed by atoms with Crippen LogP contribution < -0.4 is 10.7 Å². The third-order valence-electron chi connectivity index (χ3n) is 2.80. The molecule has 0 radical (unpaired) electrons. The van der Waals surface area contributed by atoms with Crippen LogP contribution in [0.5, 0.6) is 0 Å². The van der Waals surface area contributed by atoms with E-state index in [0.29, 0.717) is 13.0 Å². The van der Waals surface area contributed by atoms with Crippen LogP contribution in [0.1, 0.15) is 16.8 Å². The predicted molar refractivity (Wildman–Crippen MR) is 60.6 cm³/mol. The molecule has 0 aliphatic carbocycles. The summed E-state index contributed by atoms with van der Waals surface area (Å²) in [7, 11) is 1.68. The maximum Gasteiger partial charge on any atom is 0.257 e. The van der Waals surface area contributed by atoms with Crippen LogP contribution in [0.4, 0.5) is 0 Å². The number of hydrogen-bond donors (Lipinski definition) is 2. The highest BCUT2D eigenvalue weighted by Crippen LogP contribution is 2.08. The number of nitrogens with zero attached hydrogens (tertiary/aromatic N) is 1. The number of aromatic nitrogens is 1. The molecule has 1 atom stereocenters. The number of likely N-dealkylation sites (tertiary alicyclic amines) is 1. The van der Waals surface area contributed by atoms with Crippen molar-refractivity contribution >= 4 is 11.8 Å². The molecule has 90 valence electrons. The Hall–Kier alpha value is -2.11. The van der Waals surface area contributed by atoms with Crippen molar-refractivity contribution < 1.29 is 9.59 Å². The first-order valence-electron chi connectivity index (χ1n) is 5.32. The molecule has 0 bridgehead atoms. The predicted octanol–water partition coefficient (Wildman–Crippen LogP) is -0.665. The molecule has 2 amide bonds. The second kappa shape index (κ2) is 4.40. The van der Waals surface area contributed by atoms with Gasteiger partial charge < -0.3 is 15.2 Å². The summed E-state index contributed by atoms with van der Waals surface area (Å²) in [6.07, 6.45) is 3.36. The van der Waals surface area contributed by atoms with Gasteiger partial charge in [0, 0.05) is 32.1 Å². The Bertz CT molecular complexity index is 509. The summed E-state index contributed by atoms with van der Waals surface area (Å²) < 4.78 is 0. The molecule has 6 heteroatoms. The van der Waals surface area contributed by atoms with Gasteiger partial charge in [0.2, 0.25) is 5.91 Å². The molecule has 1 fully saturated rings. The van der Waals surface area contributed by atoms with Gasteiger partial charge >= 0.3 is 0 Å². The van der Waals surface area contributed by atoms with E-state index in [4.69, 9.17) is 0 Å². The molecule has 6 nitrogen and oxygen atoms in total. The SMILES string of the molecule is CN1CCC(NC(=O)c2c[nH]ccc2=O)C1=O. The van der Waals surface area contributed by atoms with Gasteiger partial charge in [0.1, 0.15) is 11.6 Å². The summed E-state index contributed by atoms with van der Waals surface area (Å²) in [6.45, 7) is 0.620. The van der Waals surface area contributed by atoms with E-state index in [9.17, 15) is 14.4 Å². The highest BCUT2D eigenvalue weighted by molar-refractivity contribution is 5.97. The van der Waals surface area contributed by atoms with E-state index in [1.165, 1.54) is 18.5 Å². The number of pyridine rings is 1. The van der Waals surface area contributed by atoms with E-state index in [-0.39, 0.29) is 16.9 Å². The molecular formula is C11H13N3O3. The number of hydrogen-bond acceptors (Lipinski definition) is 3. The van der Waals surface area contributed by atoms with E-state index >= 15 is 0 Å². The summed E-state index contributed by atoms with van der Waals surface area (Å²) in [5.74, 6) is -0.633. The van der Waals surface area contributed by atoms with Crippen LogP contribution in [0.2, 0.25) is 0 Å².